The summed E-state index contributed by atoms with van der Waals surface area (Å²) in [6.45, 7) is 3.93. The van der Waals surface area contributed by atoms with Crippen LogP contribution < -0.4 is 19.9 Å². The number of benzene rings is 3. The van der Waals surface area contributed by atoms with Crippen molar-refractivity contribution in [3.8, 4) is 23.0 Å². The Balaban J connectivity index is 1.84. The minimum Gasteiger partial charge on any atom is -0.497 e. The van der Waals surface area contributed by atoms with Gasteiger partial charge in [0.1, 0.15) is 23.1 Å². The van der Waals surface area contributed by atoms with Crippen LogP contribution in [0.15, 0.2) is 65.6 Å². The van der Waals surface area contributed by atoms with E-state index in [1.807, 2.05) is 56.3 Å². The summed E-state index contributed by atoms with van der Waals surface area (Å²) < 4.78 is 30.4. The molecule has 0 aromatic heterocycles. The maximum atomic E-state index is 13.4. The van der Waals surface area contributed by atoms with Crippen molar-refractivity contribution in [2.24, 2.45) is 0 Å². The molecule has 0 heterocycles. The van der Waals surface area contributed by atoms with E-state index in [0.717, 1.165) is 22.0 Å². The number of rotatable bonds is 8. The first-order chi connectivity index (χ1) is 13.9. The zero-order chi connectivity index (χ0) is 20.8. The predicted molar refractivity (Wildman–Crippen MR) is 116 cm³/mol. The maximum Gasteiger partial charge on any atom is 0.150 e. The Hall–Kier alpha value is -2.86. The molecule has 6 heteroatoms. The van der Waals surface area contributed by atoms with Gasteiger partial charge in [0.25, 0.3) is 0 Å². The summed E-state index contributed by atoms with van der Waals surface area (Å²) >= 11 is 1.63. The minimum atomic E-state index is -0.402. The molecule has 3 rings (SSSR count). The van der Waals surface area contributed by atoms with Crippen LogP contribution in [-0.4, -0.2) is 13.2 Å². The highest BCUT2D eigenvalue weighted by atomic mass is 32.2. The number of hydrogen-bond donors (Lipinski definition) is 1. The van der Waals surface area contributed by atoms with Crippen LogP contribution in [0.1, 0.15) is 19.4 Å². The Bertz CT molecular complexity index is 961. The number of nitrogen functional groups attached to an aromatic ring is 1. The average Bonchev–Trinajstić information content (AvgIpc) is 2.69. The first-order valence-electron chi connectivity index (χ1n) is 9.24. The van der Waals surface area contributed by atoms with Gasteiger partial charge < -0.3 is 19.9 Å². The molecule has 29 heavy (non-hydrogen) atoms. The first kappa shape index (κ1) is 20.9. The van der Waals surface area contributed by atoms with Gasteiger partial charge in [-0.3, -0.25) is 0 Å². The van der Waals surface area contributed by atoms with Gasteiger partial charge in [0, 0.05) is 17.9 Å². The van der Waals surface area contributed by atoms with Gasteiger partial charge >= 0.3 is 0 Å². The molecule has 0 bridgehead atoms. The Kier molecular flexibility index (Phi) is 6.88. The first-order valence-corrected chi connectivity index (χ1v) is 10.2. The van der Waals surface area contributed by atoms with Crippen molar-refractivity contribution in [1.82, 2.24) is 0 Å². The van der Waals surface area contributed by atoms with Crippen molar-refractivity contribution in [1.29, 1.82) is 0 Å². The number of ether oxygens (including phenoxy) is 3. The van der Waals surface area contributed by atoms with Crippen molar-refractivity contribution in [3.05, 3.63) is 72.0 Å². The summed E-state index contributed by atoms with van der Waals surface area (Å²) in [7, 11) is 1.65. The summed E-state index contributed by atoms with van der Waals surface area (Å²) in [5.74, 6) is 2.89. The van der Waals surface area contributed by atoms with Crippen molar-refractivity contribution in [2.75, 3.05) is 12.8 Å². The lowest BCUT2D eigenvalue weighted by molar-refractivity contribution is 0.241. The van der Waals surface area contributed by atoms with Crippen molar-refractivity contribution in [2.45, 2.75) is 30.6 Å². The second-order valence-corrected chi connectivity index (χ2v) is 7.71. The molecule has 0 unspecified atom stereocenters. The fourth-order valence-electron chi connectivity index (χ4n) is 2.65. The van der Waals surface area contributed by atoms with Crippen LogP contribution in [0.2, 0.25) is 0 Å². The van der Waals surface area contributed by atoms with Crippen molar-refractivity contribution < 1.29 is 18.6 Å². The summed E-state index contributed by atoms with van der Waals surface area (Å²) in [6.07, 6.45) is 0.0385. The van der Waals surface area contributed by atoms with Crippen LogP contribution in [0.3, 0.4) is 0 Å². The van der Waals surface area contributed by atoms with Crippen LogP contribution in [0, 0.1) is 5.82 Å². The van der Waals surface area contributed by atoms with E-state index in [4.69, 9.17) is 19.9 Å². The molecule has 3 aromatic rings. The lowest BCUT2D eigenvalue weighted by Gasteiger charge is -2.16. The smallest absolute Gasteiger partial charge is 0.150 e. The summed E-state index contributed by atoms with van der Waals surface area (Å²) in [4.78, 5) is 0.931. The van der Waals surface area contributed by atoms with Gasteiger partial charge in [-0.1, -0.05) is 12.1 Å². The molecule has 0 spiro atoms. The van der Waals surface area contributed by atoms with E-state index in [1.54, 1.807) is 18.9 Å². The van der Waals surface area contributed by atoms with Gasteiger partial charge in [0.15, 0.2) is 5.75 Å². The van der Waals surface area contributed by atoms with Crippen LogP contribution in [0.4, 0.5) is 10.1 Å². The monoisotopic (exact) mass is 413 g/mol. The van der Waals surface area contributed by atoms with E-state index in [-0.39, 0.29) is 11.8 Å². The zero-order valence-corrected chi connectivity index (χ0v) is 17.5. The zero-order valence-electron chi connectivity index (χ0n) is 16.6. The third-order valence-electron chi connectivity index (χ3n) is 4.03. The van der Waals surface area contributed by atoms with Gasteiger partial charge in [0.2, 0.25) is 0 Å². The highest BCUT2D eigenvalue weighted by molar-refractivity contribution is 7.98. The number of halogens is 1. The molecule has 0 aliphatic heterocycles. The quantitative estimate of drug-likeness (QED) is 0.347. The lowest BCUT2D eigenvalue weighted by Crippen LogP contribution is -2.05. The standard InChI is InChI=1S/C23H24FNO3S/c1-15(2)27-19-9-11-23(29-14-16-4-7-18(26-3)8-5-16)22(13-19)28-21-10-6-17(24)12-20(21)25/h4-13,15H,14,25H2,1-3H3. The molecule has 0 aliphatic carbocycles. The normalized spacial score (nSPS) is 10.8. The van der Waals surface area contributed by atoms with Crippen LogP contribution in [0.5, 0.6) is 23.0 Å². The fraction of sp³-hybridized carbons (Fsp3) is 0.217. The Morgan fingerprint density at radius 3 is 2.31 bits per heavy atom. The SMILES string of the molecule is COc1ccc(CSc2ccc(OC(C)C)cc2Oc2ccc(F)cc2N)cc1. The number of thioether (sulfide) groups is 1. The molecule has 0 saturated heterocycles. The fourth-order valence-corrected chi connectivity index (χ4v) is 3.57. The molecule has 152 valence electrons. The second kappa shape index (κ2) is 9.56. The molecular weight excluding hydrogens is 389 g/mol. The van der Waals surface area contributed by atoms with Gasteiger partial charge in [-0.15, -0.1) is 11.8 Å². The average molecular weight is 414 g/mol. The van der Waals surface area contributed by atoms with Gasteiger partial charge in [-0.25, -0.2) is 4.39 Å². The van der Waals surface area contributed by atoms with E-state index >= 15 is 0 Å². The maximum absolute atomic E-state index is 13.4. The van der Waals surface area contributed by atoms with Gasteiger partial charge in [-0.05, 0) is 55.8 Å². The molecule has 0 saturated carbocycles. The minimum absolute atomic E-state index is 0.0385. The molecule has 4 nitrogen and oxygen atoms in total. The topological polar surface area (TPSA) is 53.7 Å². The highest BCUT2D eigenvalue weighted by Gasteiger charge is 2.12. The van der Waals surface area contributed by atoms with Crippen LogP contribution >= 0.6 is 11.8 Å². The second-order valence-electron chi connectivity index (χ2n) is 6.70. The van der Waals surface area contributed by atoms with Crippen molar-refractivity contribution >= 4 is 17.4 Å². The largest absolute Gasteiger partial charge is 0.497 e. The van der Waals surface area contributed by atoms with Gasteiger partial charge in [0.05, 0.1) is 23.8 Å². The van der Waals surface area contributed by atoms with Crippen molar-refractivity contribution in [3.63, 3.8) is 0 Å². The Morgan fingerprint density at radius 1 is 0.931 bits per heavy atom. The number of methoxy groups -OCH3 is 1. The molecule has 2 N–H and O–H groups in total. The predicted octanol–water partition coefficient (Wildman–Crippen LogP) is 6.29. The molecule has 0 amide bonds. The van der Waals surface area contributed by atoms with E-state index in [9.17, 15) is 4.39 Å². The summed E-state index contributed by atoms with van der Waals surface area (Å²) in [5.41, 5.74) is 7.32. The number of nitrogens with two attached hydrogens (primary N) is 1. The molecular formula is C23H24FNO3S. The summed E-state index contributed by atoms with van der Waals surface area (Å²) in [5, 5.41) is 0. The molecule has 0 atom stereocenters. The van der Waals surface area contributed by atoms with Crippen LogP contribution in [-0.2, 0) is 5.75 Å². The lowest BCUT2D eigenvalue weighted by atomic mass is 10.2. The third kappa shape index (κ3) is 5.81. The van der Waals surface area contributed by atoms with E-state index in [2.05, 4.69) is 0 Å². The Morgan fingerprint density at radius 2 is 1.66 bits per heavy atom. The summed E-state index contributed by atoms with van der Waals surface area (Å²) in [6, 6.07) is 17.7. The van der Waals surface area contributed by atoms with E-state index in [0.29, 0.717) is 17.2 Å². The van der Waals surface area contributed by atoms with E-state index in [1.165, 1.54) is 18.2 Å². The number of hydrogen-bond acceptors (Lipinski definition) is 5. The van der Waals surface area contributed by atoms with Gasteiger partial charge in [-0.2, -0.15) is 0 Å². The molecule has 0 radical (unpaired) electrons. The third-order valence-corrected chi connectivity index (χ3v) is 5.16. The van der Waals surface area contributed by atoms with E-state index < -0.39 is 5.82 Å². The Labute approximate surface area is 174 Å². The highest BCUT2D eigenvalue weighted by Crippen LogP contribution is 2.39. The molecule has 3 aromatic carbocycles. The number of anilines is 1. The van der Waals surface area contributed by atoms with Crippen LogP contribution in [0.25, 0.3) is 0 Å². The molecule has 0 fully saturated rings. The molecule has 0 aliphatic rings.